The fourth-order valence-corrected chi connectivity index (χ4v) is 1.59. The molecule has 1 saturated heterocycles. The van der Waals surface area contributed by atoms with Crippen molar-refractivity contribution in [2.24, 2.45) is 0 Å². The molecule has 82 valence electrons. The van der Waals surface area contributed by atoms with Gasteiger partial charge in [-0.15, -0.1) is 0 Å². The van der Waals surface area contributed by atoms with Crippen LogP contribution in [0, 0.1) is 0 Å². The standard InChI is InChI=1S/C10H15N3O2/c14-10(13-8-3-4-11-6-8)12-7-9-2-1-5-15-9/h1-2,5,8,11H,3-4,6-7H2,(H2,12,13,14). The van der Waals surface area contributed by atoms with Crippen LogP contribution in [0.5, 0.6) is 0 Å². The first kappa shape index (κ1) is 10.0. The Kier molecular flexibility index (Phi) is 3.24. The van der Waals surface area contributed by atoms with Gasteiger partial charge >= 0.3 is 6.03 Å². The van der Waals surface area contributed by atoms with E-state index in [1.54, 1.807) is 12.3 Å². The Morgan fingerprint density at radius 3 is 3.27 bits per heavy atom. The molecule has 15 heavy (non-hydrogen) atoms. The number of carbonyl (C=O) groups excluding carboxylic acids is 1. The average molecular weight is 209 g/mol. The summed E-state index contributed by atoms with van der Waals surface area (Å²) in [5.41, 5.74) is 0. The van der Waals surface area contributed by atoms with Gasteiger partial charge in [0.15, 0.2) is 0 Å². The van der Waals surface area contributed by atoms with Crippen LogP contribution in [0.1, 0.15) is 12.2 Å². The lowest BCUT2D eigenvalue weighted by atomic mass is 10.3. The normalized spacial score (nSPS) is 20.1. The summed E-state index contributed by atoms with van der Waals surface area (Å²) in [4.78, 5) is 11.4. The summed E-state index contributed by atoms with van der Waals surface area (Å²) in [5.74, 6) is 0.759. The van der Waals surface area contributed by atoms with E-state index in [0.29, 0.717) is 6.54 Å². The Morgan fingerprint density at radius 1 is 1.67 bits per heavy atom. The monoisotopic (exact) mass is 209 g/mol. The van der Waals surface area contributed by atoms with E-state index in [2.05, 4.69) is 16.0 Å². The zero-order valence-electron chi connectivity index (χ0n) is 8.45. The minimum Gasteiger partial charge on any atom is -0.467 e. The van der Waals surface area contributed by atoms with E-state index < -0.39 is 0 Å². The largest absolute Gasteiger partial charge is 0.467 e. The lowest BCUT2D eigenvalue weighted by Crippen LogP contribution is -2.42. The topological polar surface area (TPSA) is 66.3 Å². The first-order chi connectivity index (χ1) is 7.34. The van der Waals surface area contributed by atoms with Gasteiger partial charge in [0.05, 0.1) is 12.8 Å². The number of nitrogens with one attached hydrogen (secondary N) is 3. The Hall–Kier alpha value is -1.49. The lowest BCUT2D eigenvalue weighted by Gasteiger charge is -2.11. The number of hydrogen-bond acceptors (Lipinski definition) is 3. The first-order valence-electron chi connectivity index (χ1n) is 5.12. The predicted molar refractivity (Wildman–Crippen MR) is 55.4 cm³/mol. The number of rotatable bonds is 3. The Bertz CT molecular complexity index is 304. The Morgan fingerprint density at radius 2 is 2.60 bits per heavy atom. The van der Waals surface area contributed by atoms with E-state index in [1.165, 1.54) is 0 Å². The summed E-state index contributed by atoms with van der Waals surface area (Å²) in [6.07, 6.45) is 2.59. The SMILES string of the molecule is O=C(NCc1ccco1)NC1CCNC1. The van der Waals surface area contributed by atoms with Crippen LogP contribution in [0.4, 0.5) is 4.79 Å². The van der Waals surface area contributed by atoms with Gasteiger partial charge in [-0.25, -0.2) is 4.79 Å². The van der Waals surface area contributed by atoms with Crippen molar-refractivity contribution in [3.8, 4) is 0 Å². The Balaban J connectivity index is 1.68. The van der Waals surface area contributed by atoms with Gasteiger partial charge in [0.1, 0.15) is 5.76 Å². The molecule has 1 aliphatic rings. The quantitative estimate of drug-likeness (QED) is 0.676. The van der Waals surface area contributed by atoms with Crippen LogP contribution in [0.15, 0.2) is 22.8 Å². The van der Waals surface area contributed by atoms with Crippen molar-refractivity contribution in [2.75, 3.05) is 13.1 Å². The third kappa shape index (κ3) is 2.99. The van der Waals surface area contributed by atoms with Gasteiger partial charge in [-0.1, -0.05) is 0 Å². The smallest absolute Gasteiger partial charge is 0.315 e. The summed E-state index contributed by atoms with van der Waals surface area (Å²) in [6.45, 7) is 2.26. The molecule has 1 fully saturated rings. The molecule has 2 heterocycles. The molecule has 3 N–H and O–H groups in total. The highest BCUT2D eigenvalue weighted by Gasteiger charge is 2.16. The van der Waals surface area contributed by atoms with E-state index >= 15 is 0 Å². The van der Waals surface area contributed by atoms with E-state index in [0.717, 1.165) is 25.3 Å². The summed E-state index contributed by atoms with van der Waals surface area (Å²) < 4.78 is 5.10. The molecule has 0 spiro atoms. The van der Waals surface area contributed by atoms with Crippen molar-refractivity contribution in [3.63, 3.8) is 0 Å². The van der Waals surface area contributed by atoms with Crippen LogP contribution < -0.4 is 16.0 Å². The molecule has 0 aromatic carbocycles. The van der Waals surface area contributed by atoms with Crippen molar-refractivity contribution in [1.82, 2.24) is 16.0 Å². The van der Waals surface area contributed by atoms with Crippen LogP contribution in [-0.2, 0) is 6.54 Å². The second kappa shape index (κ2) is 4.84. The summed E-state index contributed by atoms with van der Waals surface area (Å²) in [7, 11) is 0. The summed E-state index contributed by atoms with van der Waals surface area (Å²) >= 11 is 0. The number of carbonyl (C=O) groups is 1. The first-order valence-corrected chi connectivity index (χ1v) is 5.12. The zero-order chi connectivity index (χ0) is 10.5. The molecular weight excluding hydrogens is 194 g/mol. The van der Waals surface area contributed by atoms with Crippen molar-refractivity contribution in [3.05, 3.63) is 24.2 Å². The highest BCUT2D eigenvalue weighted by molar-refractivity contribution is 5.74. The third-order valence-corrected chi connectivity index (χ3v) is 2.40. The van der Waals surface area contributed by atoms with Crippen molar-refractivity contribution in [1.29, 1.82) is 0 Å². The van der Waals surface area contributed by atoms with Crippen LogP contribution in [0.2, 0.25) is 0 Å². The number of furan rings is 1. The van der Waals surface area contributed by atoms with E-state index in [4.69, 9.17) is 4.42 Å². The number of hydrogen-bond donors (Lipinski definition) is 3. The van der Waals surface area contributed by atoms with Gasteiger partial charge in [0.2, 0.25) is 0 Å². The molecule has 0 aliphatic carbocycles. The lowest BCUT2D eigenvalue weighted by molar-refractivity contribution is 0.236. The zero-order valence-corrected chi connectivity index (χ0v) is 8.45. The fraction of sp³-hybridized carbons (Fsp3) is 0.500. The molecule has 0 bridgehead atoms. The number of urea groups is 1. The second-order valence-electron chi connectivity index (χ2n) is 3.60. The van der Waals surface area contributed by atoms with Gasteiger partial charge in [-0.2, -0.15) is 0 Å². The average Bonchev–Trinajstić information content (AvgIpc) is 2.86. The molecular formula is C10H15N3O2. The molecule has 1 aliphatic heterocycles. The molecule has 1 unspecified atom stereocenters. The van der Waals surface area contributed by atoms with Crippen LogP contribution in [0.25, 0.3) is 0 Å². The van der Waals surface area contributed by atoms with Gasteiger partial charge < -0.3 is 20.4 Å². The van der Waals surface area contributed by atoms with Crippen molar-refractivity contribution >= 4 is 6.03 Å². The highest BCUT2D eigenvalue weighted by atomic mass is 16.3. The molecule has 5 heteroatoms. The molecule has 1 aromatic heterocycles. The van der Waals surface area contributed by atoms with Gasteiger partial charge in [0, 0.05) is 12.6 Å². The van der Waals surface area contributed by atoms with Crippen LogP contribution >= 0.6 is 0 Å². The minimum absolute atomic E-state index is 0.139. The van der Waals surface area contributed by atoms with Gasteiger partial charge in [-0.05, 0) is 25.1 Å². The van der Waals surface area contributed by atoms with Crippen molar-refractivity contribution < 1.29 is 9.21 Å². The minimum atomic E-state index is -0.139. The van der Waals surface area contributed by atoms with Crippen molar-refractivity contribution in [2.45, 2.75) is 19.0 Å². The Labute approximate surface area is 88.2 Å². The molecule has 2 amide bonds. The summed E-state index contributed by atoms with van der Waals surface area (Å²) in [6, 6.07) is 3.74. The molecule has 0 saturated carbocycles. The third-order valence-electron chi connectivity index (χ3n) is 2.40. The molecule has 2 rings (SSSR count). The van der Waals surface area contributed by atoms with E-state index in [1.807, 2.05) is 6.07 Å². The molecule has 1 atom stereocenters. The maximum absolute atomic E-state index is 11.4. The highest BCUT2D eigenvalue weighted by Crippen LogP contribution is 1.99. The maximum atomic E-state index is 11.4. The number of amides is 2. The summed E-state index contributed by atoms with van der Waals surface area (Å²) in [5, 5.41) is 8.81. The second-order valence-corrected chi connectivity index (χ2v) is 3.60. The van der Waals surface area contributed by atoms with E-state index in [-0.39, 0.29) is 12.1 Å². The molecule has 1 aromatic rings. The van der Waals surface area contributed by atoms with Gasteiger partial charge in [0.25, 0.3) is 0 Å². The van der Waals surface area contributed by atoms with E-state index in [9.17, 15) is 4.79 Å². The molecule has 5 nitrogen and oxygen atoms in total. The predicted octanol–water partition coefficient (Wildman–Crippen LogP) is 0.441. The van der Waals surface area contributed by atoms with Gasteiger partial charge in [-0.3, -0.25) is 0 Å². The van der Waals surface area contributed by atoms with Crippen LogP contribution in [-0.4, -0.2) is 25.2 Å². The maximum Gasteiger partial charge on any atom is 0.315 e. The fourth-order valence-electron chi connectivity index (χ4n) is 1.59. The van der Waals surface area contributed by atoms with Crippen LogP contribution in [0.3, 0.4) is 0 Å². The molecule has 0 radical (unpaired) electrons.